The fourth-order valence-corrected chi connectivity index (χ4v) is 6.48. The van der Waals surface area contributed by atoms with Crippen molar-refractivity contribution in [3.8, 4) is 11.3 Å². The third kappa shape index (κ3) is 3.63. The van der Waals surface area contributed by atoms with Crippen LogP contribution < -0.4 is 5.19 Å². The molecule has 0 fully saturated rings. The van der Waals surface area contributed by atoms with Gasteiger partial charge in [0.25, 0.3) is 0 Å². The van der Waals surface area contributed by atoms with Gasteiger partial charge in [-0.1, -0.05) is 94.1 Å². The third-order valence-corrected chi connectivity index (χ3v) is 9.28. The van der Waals surface area contributed by atoms with Crippen molar-refractivity contribution in [3.63, 3.8) is 0 Å². The highest BCUT2D eigenvalue weighted by atomic mass is 28.3. The molecule has 0 unspecified atom stereocenters. The van der Waals surface area contributed by atoms with E-state index in [1.807, 2.05) is 6.92 Å². The lowest BCUT2D eigenvalue weighted by Crippen LogP contribution is -2.37. The van der Waals surface area contributed by atoms with Gasteiger partial charge in [-0.3, -0.25) is 0 Å². The zero-order chi connectivity index (χ0) is 25.4. The van der Waals surface area contributed by atoms with E-state index in [-0.39, 0.29) is 5.41 Å². The maximum atomic E-state index is 6.48. The standard InChI is InChI=1S/C32H32N2OSi/c1-19-33-29(22-16-20-10-8-9-11-24(20)27(18-22)32(2,3)4)28-26-14-12-21-17-23(36(5,6)7)13-15-25(21)30(26)35-31(28)34-19/h8-18H,1-7H3. The number of benzene rings is 4. The van der Waals surface area contributed by atoms with Crippen molar-refractivity contribution in [2.45, 2.75) is 52.8 Å². The number of hydrogen-bond acceptors (Lipinski definition) is 3. The van der Waals surface area contributed by atoms with Crippen LogP contribution in [0.5, 0.6) is 0 Å². The summed E-state index contributed by atoms with van der Waals surface area (Å²) in [6.45, 7) is 15.9. The highest BCUT2D eigenvalue weighted by Crippen LogP contribution is 2.40. The van der Waals surface area contributed by atoms with Crippen LogP contribution in [0.3, 0.4) is 0 Å². The Morgan fingerprint density at radius 3 is 2.22 bits per heavy atom. The molecule has 0 aliphatic carbocycles. The van der Waals surface area contributed by atoms with Crippen molar-refractivity contribution >= 4 is 56.9 Å². The van der Waals surface area contributed by atoms with E-state index in [2.05, 4.69) is 107 Å². The van der Waals surface area contributed by atoms with Gasteiger partial charge in [0.1, 0.15) is 11.4 Å². The molecule has 0 amide bonds. The minimum Gasteiger partial charge on any atom is -0.437 e. The van der Waals surface area contributed by atoms with Gasteiger partial charge in [-0.05, 0) is 52.3 Å². The number of aromatic nitrogens is 2. The van der Waals surface area contributed by atoms with E-state index in [0.717, 1.165) is 33.0 Å². The first-order valence-corrected chi connectivity index (χ1v) is 16.2. The largest absolute Gasteiger partial charge is 0.437 e. The molecule has 6 aromatic rings. The Hall–Kier alpha value is -3.50. The molecule has 36 heavy (non-hydrogen) atoms. The van der Waals surface area contributed by atoms with Crippen LogP contribution in [0.15, 0.2) is 71.1 Å². The number of hydrogen-bond donors (Lipinski definition) is 0. The molecule has 6 rings (SSSR count). The predicted molar refractivity (Wildman–Crippen MR) is 156 cm³/mol. The maximum Gasteiger partial charge on any atom is 0.231 e. The molecule has 0 atom stereocenters. The molecule has 0 aliphatic heterocycles. The summed E-state index contributed by atoms with van der Waals surface area (Å²) >= 11 is 0. The Labute approximate surface area is 213 Å². The highest BCUT2D eigenvalue weighted by Gasteiger charge is 2.23. The van der Waals surface area contributed by atoms with E-state index in [4.69, 9.17) is 14.4 Å². The fraction of sp³-hybridized carbons (Fsp3) is 0.250. The molecule has 2 heterocycles. The van der Waals surface area contributed by atoms with Gasteiger partial charge in [-0.15, -0.1) is 0 Å². The van der Waals surface area contributed by atoms with Gasteiger partial charge in [0.15, 0.2) is 0 Å². The van der Waals surface area contributed by atoms with Crippen molar-refractivity contribution < 1.29 is 4.42 Å². The minimum absolute atomic E-state index is 0.000450. The first-order chi connectivity index (χ1) is 17.0. The molecule has 0 radical (unpaired) electrons. The van der Waals surface area contributed by atoms with E-state index in [1.54, 1.807) is 0 Å². The second-order valence-electron chi connectivity index (χ2n) is 12.0. The smallest absolute Gasteiger partial charge is 0.231 e. The number of fused-ring (bicyclic) bond motifs is 6. The average Bonchev–Trinajstić information content (AvgIpc) is 3.20. The number of furan rings is 1. The summed E-state index contributed by atoms with van der Waals surface area (Å²) in [4.78, 5) is 9.71. The first-order valence-electron chi connectivity index (χ1n) is 12.7. The SMILES string of the molecule is Cc1nc(-c2cc(C(C)(C)C)c3ccccc3c2)c2c(n1)oc1c3ccc([Si](C)(C)C)cc3ccc12. The van der Waals surface area contributed by atoms with Crippen LogP contribution in [0, 0.1) is 6.92 Å². The summed E-state index contributed by atoms with van der Waals surface area (Å²) in [5.41, 5.74) is 4.90. The van der Waals surface area contributed by atoms with Crippen molar-refractivity contribution in [1.82, 2.24) is 9.97 Å². The fourth-order valence-electron chi connectivity index (χ4n) is 5.31. The van der Waals surface area contributed by atoms with Crippen molar-refractivity contribution in [1.29, 1.82) is 0 Å². The van der Waals surface area contributed by atoms with Crippen molar-refractivity contribution in [2.75, 3.05) is 0 Å². The molecular weight excluding hydrogens is 456 g/mol. The monoisotopic (exact) mass is 488 g/mol. The first kappa shape index (κ1) is 22.9. The molecule has 0 bridgehead atoms. The Balaban J connectivity index is 1.68. The summed E-state index contributed by atoms with van der Waals surface area (Å²) in [5.74, 6) is 0.715. The summed E-state index contributed by atoms with van der Waals surface area (Å²) < 4.78 is 6.48. The van der Waals surface area contributed by atoms with Gasteiger partial charge in [0.2, 0.25) is 5.71 Å². The molecule has 3 nitrogen and oxygen atoms in total. The van der Waals surface area contributed by atoms with Crippen LogP contribution in [-0.2, 0) is 5.41 Å². The third-order valence-electron chi connectivity index (χ3n) is 7.24. The minimum atomic E-state index is -1.41. The van der Waals surface area contributed by atoms with Gasteiger partial charge < -0.3 is 4.42 Å². The molecule has 0 N–H and O–H groups in total. The van der Waals surface area contributed by atoms with Gasteiger partial charge >= 0.3 is 0 Å². The van der Waals surface area contributed by atoms with Crippen LogP contribution in [0.4, 0.5) is 0 Å². The predicted octanol–water partition coefficient (Wildman–Crippen LogP) is 8.50. The van der Waals surface area contributed by atoms with Crippen molar-refractivity contribution in [3.05, 3.63) is 78.1 Å². The number of nitrogens with zero attached hydrogens (tertiary/aromatic N) is 2. The van der Waals surface area contributed by atoms with Crippen LogP contribution in [0.25, 0.3) is 54.9 Å². The molecule has 0 spiro atoms. The van der Waals surface area contributed by atoms with E-state index >= 15 is 0 Å². The lowest BCUT2D eigenvalue weighted by Gasteiger charge is -2.23. The van der Waals surface area contributed by atoms with Gasteiger partial charge in [-0.25, -0.2) is 4.98 Å². The highest BCUT2D eigenvalue weighted by molar-refractivity contribution is 6.88. The summed E-state index contributed by atoms with van der Waals surface area (Å²) in [6, 6.07) is 24.4. The van der Waals surface area contributed by atoms with E-state index in [9.17, 15) is 0 Å². The average molecular weight is 489 g/mol. The molecule has 180 valence electrons. The van der Waals surface area contributed by atoms with Crippen molar-refractivity contribution in [2.24, 2.45) is 0 Å². The lowest BCUT2D eigenvalue weighted by atomic mass is 9.82. The number of aryl methyl sites for hydroxylation is 1. The lowest BCUT2D eigenvalue weighted by molar-refractivity contribution is 0.596. The molecule has 0 saturated carbocycles. The van der Waals surface area contributed by atoms with E-state index < -0.39 is 8.07 Å². The van der Waals surface area contributed by atoms with E-state index in [1.165, 1.54) is 26.9 Å². The molecule has 0 aliphatic rings. The normalized spacial score (nSPS) is 12.9. The zero-order valence-electron chi connectivity index (χ0n) is 22.2. The van der Waals surface area contributed by atoms with Crippen LogP contribution in [0.1, 0.15) is 32.2 Å². The molecule has 2 aromatic heterocycles. The molecule has 4 aromatic carbocycles. The molecule has 0 saturated heterocycles. The maximum absolute atomic E-state index is 6.48. The van der Waals surface area contributed by atoms with Gasteiger partial charge in [0.05, 0.1) is 19.2 Å². The molecule has 4 heteroatoms. The second-order valence-corrected chi connectivity index (χ2v) is 17.1. The summed E-state index contributed by atoms with van der Waals surface area (Å²) in [6.07, 6.45) is 0. The summed E-state index contributed by atoms with van der Waals surface area (Å²) in [5, 5.41) is 8.37. The second kappa shape index (κ2) is 7.75. The Bertz CT molecular complexity index is 1820. The Morgan fingerprint density at radius 1 is 0.750 bits per heavy atom. The van der Waals surface area contributed by atoms with Crippen LogP contribution >= 0.6 is 0 Å². The number of rotatable bonds is 2. The van der Waals surface area contributed by atoms with Gasteiger partial charge in [0, 0.05) is 16.3 Å². The van der Waals surface area contributed by atoms with Gasteiger partial charge in [-0.2, -0.15) is 4.98 Å². The quantitative estimate of drug-likeness (QED) is 0.229. The van der Waals surface area contributed by atoms with Crippen LogP contribution in [0.2, 0.25) is 19.6 Å². The topological polar surface area (TPSA) is 38.9 Å². The Morgan fingerprint density at radius 2 is 1.47 bits per heavy atom. The van der Waals surface area contributed by atoms with Crippen LogP contribution in [-0.4, -0.2) is 18.0 Å². The zero-order valence-corrected chi connectivity index (χ0v) is 23.2. The van der Waals surface area contributed by atoms with E-state index in [0.29, 0.717) is 11.5 Å². The Kier molecular flexibility index (Phi) is 4.93. The molecular formula is C32H32N2OSi. The summed E-state index contributed by atoms with van der Waals surface area (Å²) in [7, 11) is -1.41.